The van der Waals surface area contributed by atoms with Crippen LogP contribution in [0.2, 0.25) is 5.02 Å². The molecule has 1 N–H and O–H groups in total. The lowest BCUT2D eigenvalue weighted by atomic mass is 10.2. The Morgan fingerprint density at radius 2 is 1.76 bits per heavy atom. The van der Waals surface area contributed by atoms with E-state index in [1.54, 1.807) is 17.0 Å². The molecule has 2 aromatic carbocycles. The minimum absolute atomic E-state index is 0.0834. The van der Waals surface area contributed by atoms with Crippen molar-refractivity contribution in [3.8, 4) is 11.5 Å². The molecule has 0 aliphatic carbocycles. The van der Waals surface area contributed by atoms with E-state index in [4.69, 9.17) is 21.1 Å². The number of aliphatic hydroxyl groups is 1. The average molecular weight is 423 g/mol. The van der Waals surface area contributed by atoms with E-state index in [1.165, 1.54) is 24.3 Å². The SMILES string of the molecule is O=C(COc1ccc(F)cc1)N1CCN(CC(O)COc2ccccc2Cl)CC1. The molecule has 156 valence electrons. The van der Waals surface area contributed by atoms with Crippen LogP contribution >= 0.6 is 11.6 Å². The van der Waals surface area contributed by atoms with E-state index in [1.807, 2.05) is 12.1 Å². The van der Waals surface area contributed by atoms with Gasteiger partial charge in [0.1, 0.15) is 30.0 Å². The van der Waals surface area contributed by atoms with Gasteiger partial charge in [0, 0.05) is 32.7 Å². The first-order chi connectivity index (χ1) is 14.0. The highest BCUT2D eigenvalue weighted by Gasteiger charge is 2.23. The fraction of sp³-hybridized carbons (Fsp3) is 0.381. The van der Waals surface area contributed by atoms with Crippen molar-refractivity contribution in [1.29, 1.82) is 0 Å². The van der Waals surface area contributed by atoms with E-state index >= 15 is 0 Å². The predicted octanol–water partition coefficient (Wildman–Crippen LogP) is 2.44. The summed E-state index contributed by atoms with van der Waals surface area (Å²) in [6, 6.07) is 12.7. The molecule has 3 rings (SSSR count). The number of hydrogen-bond acceptors (Lipinski definition) is 5. The van der Waals surface area contributed by atoms with Gasteiger partial charge in [0.25, 0.3) is 5.91 Å². The highest BCUT2D eigenvalue weighted by Crippen LogP contribution is 2.23. The number of benzene rings is 2. The molecule has 2 aromatic rings. The van der Waals surface area contributed by atoms with Gasteiger partial charge in [-0.05, 0) is 36.4 Å². The zero-order chi connectivity index (χ0) is 20.6. The maximum Gasteiger partial charge on any atom is 0.260 e. The van der Waals surface area contributed by atoms with Crippen molar-refractivity contribution in [3.63, 3.8) is 0 Å². The van der Waals surface area contributed by atoms with E-state index in [2.05, 4.69) is 4.90 Å². The van der Waals surface area contributed by atoms with Crippen LogP contribution in [0, 0.1) is 5.82 Å². The topological polar surface area (TPSA) is 62.2 Å². The third-order valence-corrected chi connectivity index (χ3v) is 4.95. The van der Waals surface area contributed by atoms with Crippen molar-refractivity contribution < 1.29 is 23.8 Å². The second-order valence-electron chi connectivity index (χ2n) is 6.82. The van der Waals surface area contributed by atoms with E-state index in [0.717, 1.165) is 0 Å². The number of carbonyl (C=O) groups is 1. The van der Waals surface area contributed by atoms with Crippen LogP contribution in [-0.4, -0.2) is 72.9 Å². The summed E-state index contributed by atoms with van der Waals surface area (Å²) in [5.41, 5.74) is 0. The van der Waals surface area contributed by atoms with Gasteiger partial charge in [0.2, 0.25) is 0 Å². The molecular weight excluding hydrogens is 399 g/mol. The van der Waals surface area contributed by atoms with Crippen molar-refractivity contribution in [2.24, 2.45) is 0 Å². The molecule has 1 saturated heterocycles. The standard InChI is InChI=1S/C21H24ClFN2O4/c22-19-3-1-2-4-20(19)29-14-17(26)13-24-9-11-25(12-10-24)21(27)15-28-18-7-5-16(23)6-8-18/h1-8,17,26H,9-15H2. The zero-order valence-electron chi connectivity index (χ0n) is 16.0. The number of amides is 1. The molecule has 1 heterocycles. The van der Waals surface area contributed by atoms with E-state index in [0.29, 0.717) is 49.2 Å². The van der Waals surface area contributed by atoms with Crippen LogP contribution in [0.1, 0.15) is 0 Å². The Labute approximate surface area is 174 Å². The molecule has 1 atom stereocenters. The van der Waals surface area contributed by atoms with Gasteiger partial charge < -0.3 is 19.5 Å². The number of halogens is 2. The second kappa shape index (κ2) is 10.4. The summed E-state index contributed by atoms with van der Waals surface area (Å²) in [7, 11) is 0. The Kier molecular flexibility index (Phi) is 7.69. The van der Waals surface area contributed by atoms with Crippen LogP contribution in [0.5, 0.6) is 11.5 Å². The van der Waals surface area contributed by atoms with Gasteiger partial charge in [-0.2, -0.15) is 0 Å². The van der Waals surface area contributed by atoms with Crippen LogP contribution in [0.25, 0.3) is 0 Å². The Morgan fingerprint density at radius 1 is 1.07 bits per heavy atom. The minimum atomic E-state index is -0.657. The van der Waals surface area contributed by atoms with Gasteiger partial charge >= 0.3 is 0 Å². The highest BCUT2D eigenvalue weighted by molar-refractivity contribution is 6.32. The maximum absolute atomic E-state index is 12.9. The first kappa shape index (κ1) is 21.4. The third-order valence-electron chi connectivity index (χ3n) is 4.64. The average Bonchev–Trinajstić information content (AvgIpc) is 2.73. The number of hydrogen-bond donors (Lipinski definition) is 1. The number of rotatable bonds is 8. The van der Waals surface area contributed by atoms with Gasteiger partial charge in [0.05, 0.1) is 5.02 Å². The van der Waals surface area contributed by atoms with Crippen LogP contribution in [0.15, 0.2) is 48.5 Å². The number of aliphatic hydroxyl groups excluding tert-OH is 1. The van der Waals surface area contributed by atoms with Crippen LogP contribution in [-0.2, 0) is 4.79 Å². The molecule has 29 heavy (non-hydrogen) atoms. The fourth-order valence-electron chi connectivity index (χ4n) is 3.05. The lowest BCUT2D eigenvalue weighted by Gasteiger charge is -2.35. The molecule has 0 bridgehead atoms. The molecule has 0 aromatic heterocycles. The number of nitrogens with zero attached hydrogens (tertiary/aromatic N) is 2. The summed E-state index contributed by atoms with van der Waals surface area (Å²) in [5.74, 6) is 0.542. The number of piperazine rings is 1. The molecule has 0 spiro atoms. The number of β-amino-alcohol motifs (C(OH)–C–C–N with tert-alkyl or cyclic N) is 1. The Bertz CT molecular complexity index is 798. The summed E-state index contributed by atoms with van der Waals surface area (Å²) in [5, 5.41) is 10.7. The number of ether oxygens (including phenoxy) is 2. The van der Waals surface area contributed by atoms with Crippen molar-refractivity contribution in [2.45, 2.75) is 6.10 Å². The summed E-state index contributed by atoms with van der Waals surface area (Å²) in [4.78, 5) is 16.1. The molecular formula is C21H24ClFN2O4. The Morgan fingerprint density at radius 3 is 2.45 bits per heavy atom. The third kappa shape index (κ3) is 6.59. The van der Waals surface area contributed by atoms with Gasteiger partial charge in [0.15, 0.2) is 6.61 Å². The monoisotopic (exact) mass is 422 g/mol. The molecule has 0 radical (unpaired) electrons. The molecule has 6 nitrogen and oxygen atoms in total. The van der Waals surface area contributed by atoms with Gasteiger partial charge in [-0.1, -0.05) is 23.7 Å². The van der Waals surface area contributed by atoms with Crippen molar-refractivity contribution in [2.75, 3.05) is 45.9 Å². The normalized spacial score (nSPS) is 15.8. The van der Waals surface area contributed by atoms with Gasteiger partial charge in [-0.15, -0.1) is 0 Å². The molecule has 0 saturated carbocycles. The van der Waals surface area contributed by atoms with Crippen LogP contribution in [0.3, 0.4) is 0 Å². The minimum Gasteiger partial charge on any atom is -0.489 e. The fourth-order valence-corrected chi connectivity index (χ4v) is 3.24. The van der Waals surface area contributed by atoms with E-state index in [9.17, 15) is 14.3 Å². The van der Waals surface area contributed by atoms with Gasteiger partial charge in [-0.3, -0.25) is 9.69 Å². The maximum atomic E-state index is 12.9. The van der Waals surface area contributed by atoms with E-state index in [-0.39, 0.29) is 24.9 Å². The van der Waals surface area contributed by atoms with E-state index < -0.39 is 6.10 Å². The molecule has 1 amide bonds. The summed E-state index contributed by atoms with van der Waals surface area (Å²) >= 11 is 6.04. The Balaban J connectivity index is 1.35. The van der Waals surface area contributed by atoms with Crippen molar-refractivity contribution >= 4 is 17.5 Å². The quantitative estimate of drug-likeness (QED) is 0.708. The molecule has 1 fully saturated rings. The molecule has 1 aliphatic heterocycles. The summed E-state index contributed by atoms with van der Waals surface area (Å²) in [6.45, 7) is 2.96. The smallest absolute Gasteiger partial charge is 0.260 e. The summed E-state index contributed by atoms with van der Waals surface area (Å²) < 4.78 is 23.9. The van der Waals surface area contributed by atoms with Crippen LogP contribution in [0.4, 0.5) is 4.39 Å². The van der Waals surface area contributed by atoms with Crippen molar-refractivity contribution in [3.05, 3.63) is 59.4 Å². The Hall–Kier alpha value is -2.35. The first-order valence-electron chi connectivity index (χ1n) is 9.45. The highest BCUT2D eigenvalue weighted by atomic mass is 35.5. The summed E-state index contributed by atoms with van der Waals surface area (Å²) in [6.07, 6.45) is -0.657. The first-order valence-corrected chi connectivity index (χ1v) is 9.83. The van der Waals surface area contributed by atoms with Crippen LogP contribution < -0.4 is 9.47 Å². The lowest BCUT2D eigenvalue weighted by Crippen LogP contribution is -2.51. The van der Waals surface area contributed by atoms with Gasteiger partial charge in [-0.25, -0.2) is 4.39 Å². The number of carbonyl (C=O) groups excluding carboxylic acids is 1. The zero-order valence-corrected chi connectivity index (χ0v) is 16.7. The largest absolute Gasteiger partial charge is 0.489 e. The second-order valence-corrected chi connectivity index (χ2v) is 7.23. The van der Waals surface area contributed by atoms with Crippen molar-refractivity contribution in [1.82, 2.24) is 9.80 Å². The molecule has 1 aliphatic rings. The molecule has 8 heteroatoms. The predicted molar refractivity (Wildman–Crippen MR) is 108 cm³/mol. The molecule has 1 unspecified atom stereocenters. The number of para-hydroxylation sites is 1. The lowest BCUT2D eigenvalue weighted by molar-refractivity contribution is -0.135.